The van der Waals surface area contributed by atoms with Gasteiger partial charge in [0, 0.05) is 6.42 Å². The second kappa shape index (κ2) is 6.88. The molecule has 14 heavy (non-hydrogen) atoms. The number of carbonyl (C=O) groups is 1. The van der Waals surface area contributed by atoms with E-state index in [1.165, 1.54) is 12.1 Å². The van der Waals surface area contributed by atoms with Gasteiger partial charge in [-0.05, 0) is 6.42 Å². The number of nitriles is 2. The summed E-state index contributed by atoms with van der Waals surface area (Å²) in [4.78, 5) is 11.0. The molecule has 0 rings (SSSR count). The van der Waals surface area contributed by atoms with E-state index < -0.39 is 18.2 Å². The van der Waals surface area contributed by atoms with Gasteiger partial charge in [0.25, 0.3) is 0 Å². The zero-order valence-corrected chi connectivity index (χ0v) is 7.93. The van der Waals surface area contributed by atoms with Gasteiger partial charge in [0.15, 0.2) is 0 Å². The summed E-state index contributed by atoms with van der Waals surface area (Å²) in [5, 5.41) is 25.8. The largest absolute Gasteiger partial charge is 0.434 e. The maximum absolute atomic E-state index is 11.0. The van der Waals surface area contributed by atoms with Gasteiger partial charge >= 0.3 is 5.97 Å². The lowest BCUT2D eigenvalue weighted by molar-refractivity contribution is -0.170. The molecule has 1 atom stereocenters. The third kappa shape index (κ3) is 4.44. The van der Waals surface area contributed by atoms with Gasteiger partial charge in [-0.1, -0.05) is 13.3 Å². The smallest absolute Gasteiger partial charge is 0.340 e. The van der Waals surface area contributed by atoms with Crippen molar-refractivity contribution < 1.29 is 14.6 Å². The summed E-state index contributed by atoms with van der Waals surface area (Å²) in [5.74, 6) is -2.44. The molecule has 0 aliphatic heterocycles. The number of unbranched alkanes of at least 4 members (excludes halogenated alkanes) is 1. The molecule has 0 aliphatic rings. The summed E-state index contributed by atoms with van der Waals surface area (Å²) in [7, 11) is 0. The van der Waals surface area contributed by atoms with Crippen molar-refractivity contribution in [3.63, 3.8) is 0 Å². The predicted molar refractivity (Wildman–Crippen MR) is 46.3 cm³/mol. The topological polar surface area (TPSA) is 94.1 Å². The molecule has 1 N–H and O–H groups in total. The number of esters is 1. The highest BCUT2D eigenvalue weighted by atomic mass is 16.6. The van der Waals surface area contributed by atoms with E-state index in [2.05, 4.69) is 4.74 Å². The van der Waals surface area contributed by atoms with Crippen LogP contribution in [-0.2, 0) is 9.53 Å². The van der Waals surface area contributed by atoms with Gasteiger partial charge in [-0.3, -0.25) is 0 Å². The molecule has 5 nitrogen and oxygen atoms in total. The van der Waals surface area contributed by atoms with E-state index >= 15 is 0 Å². The van der Waals surface area contributed by atoms with E-state index in [9.17, 15) is 4.79 Å². The Morgan fingerprint density at radius 3 is 2.50 bits per heavy atom. The maximum atomic E-state index is 11.0. The Balaban J connectivity index is 3.95. The van der Waals surface area contributed by atoms with Crippen molar-refractivity contribution >= 4 is 5.97 Å². The minimum Gasteiger partial charge on any atom is -0.434 e. The minimum atomic E-state index is -1.45. The van der Waals surface area contributed by atoms with Crippen molar-refractivity contribution in [3.8, 4) is 12.1 Å². The van der Waals surface area contributed by atoms with Gasteiger partial charge in [0.2, 0.25) is 12.2 Å². The molecule has 0 aromatic heterocycles. The zero-order valence-electron chi connectivity index (χ0n) is 7.93. The lowest BCUT2D eigenvalue weighted by Crippen LogP contribution is -2.22. The Morgan fingerprint density at radius 2 is 2.07 bits per heavy atom. The highest BCUT2D eigenvalue weighted by Gasteiger charge is 2.21. The van der Waals surface area contributed by atoms with Gasteiger partial charge in [-0.25, -0.2) is 4.79 Å². The van der Waals surface area contributed by atoms with Crippen molar-refractivity contribution in [2.75, 3.05) is 0 Å². The minimum absolute atomic E-state index is 0.325. The van der Waals surface area contributed by atoms with Crippen LogP contribution in [0.2, 0.25) is 0 Å². The van der Waals surface area contributed by atoms with Crippen LogP contribution in [0.4, 0.5) is 0 Å². The first kappa shape index (κ1) is 12.4. The normalized spacial score (nSPS) is 11.5. The Bertz CT molecular complexity index is 250. The number of hydrogen-bond acceptors (Lipinski definition) is 5. The van der Waals surface area contributed by atoms with Crippen LogP contribution in [0.3, 0.4) is 0 Å². The molecule has 0 aromatic carbocycles. The first-order valence-corrected chi connectivity index (χ1v) is 4.33. The molecule has 1 unspecified atom stereocenters. The van der Waals surface area contributed by atoms with Crippen molar-refractivity contribution in [3.05, 3.63) is 0 Å². The van der Waals surface area contributed by atoms with E-state index in [1.54, 1.807) is 0 Å². The SMILES string of the molecule is CCCCC(O)OC(=O)C(C#N)C#N. The van der Waals surface area contributed by atoms with E-state index in [0.717, 1.165) is 12.8 Å². The van der Waals surface area contributed by atoms with Crippen molar-refractivity contribution in [2.24, 2.45) is 5.92 Å². The third-order valence-corrected chi connectivity index (χ3v) is 1.55. The van der Waals surface area contributed by atoms with Crippen molar-refractivity contribution in [2.45, 2.75) is 32.5 Å². The first-order valence-electron chi connectivity index (χ1n) is 4.33. The van der Waals surface area contributed by atoms with Crippen molar-refractivity contribution in [1.29, 1.82) is 10.5 Å². The Kier molecular flexibility index (Phi) is 6.09. The summed E-state index contributed by atoms with van der Waals surface area (Å²) < 4.78 is 4.47. The van der Waals surface area contributed by atoms with Gasteiger partial charge in [-0.2, -0.15) is 10.5 Å². The van der Waals surface area contributed by atoms with Crippen LogP contribution in [0.5, 0.6) is 0 Å². The molecular formula is C9H12N2O3. The molecule has 0 heterocycles. The van der Waals surface area contributed by atoms with Crippen LogP contribution >= 0.6 is 0 Å². The Labute approximate surface area is 82.5 Å². The fourth-order valence-corrected chi connectivity index (χ4v) is 0.774. The molecule has 5 heteroatoms. The Hall–Kier alpha value is -1.59. The number of rotatable bonds is 5. The monoisotopic (exact) mass is 196 g/mol. The molecule has 0 aromatic rings. The van der Waals surface area contributed by atoms with E-state index in [-0.39, 0.29) is 0 Å². The predicted octanol–water partition coefficient (Wildman–Crippen LogP) is 0.702. The number of aliphatic hydroxyl groups is 1. The van der Waals surface area contributed by atoms with Crippen LogP contribution in [0.25, 0.3) is 0 Å². The third-order valence-electron chi connectivity index (χ3n) is 1.55. The van der Waals surface area contributed by atoms with E-state index in [4.69, 9.17) is 15.6 Å². The van der Waals surface area contributed by atoms with Gasteiger partial charge in [-0.15, -0.1) is 0 Å². The molecule has 0 bridgehead atoms. The van der Waals surface area contributed by atoms with Crippen LogP contribution < -0.4 is 0 Å². The first-order chi connectivity index (χ1) is 6.65. The summed E-state index contributed by atoms with van der Waals surface area (Å²) >= 11 is 0. The van der Waals surface area contributed by atoms with Gasteiger partial charge < -0.3 is 9.84 Å². The van der Waals surface area contributed by atoms with E-state index in [1.807, 2.05) is 6.92 Å². The summed E-state index contributed by atoms with van der Waals surface area (Å²) in [6, 6.07) is 2.93. The molecule has 0 amide bonds. The standard InChI is InChI=1S/C9H12N2O3/c1-2-3-4-8(12)14-9(13)7(5-10)6-11/h7-8,12H,2-4H2,1H3. The highest BCUT2D eigenvalue weighted by Crippen LogP contribution is 2.05. The quantitative estimate of drug-likeness (QED) is 0.516. The number of aliphatic hydroxyl groups excluding tert-OH is 1. The van der Waals surface area contributed by atoms with Crippen LogP contribution in [-0.4, -0.2) is 17.4 Å². The molecule has 0 fully saturated rings. The zero-order chi connectivity index (χ0) is 11.0. The average Bonchev–Trinajstić information content (AvgIpc) is 2.16. The summed E-state index contributed by atoms with van der Waals surface area (Å²) in [5.41, 5.74) is 0. The molecule has 0 aliphatic carbocycles. The summed E-state index contributed by atoms with van der Waals surface area (Å²) in [6.45, 7) is 1.93. The molecule has 76 valence electrons. The fraction of sp³-hybridized carbons (Fsp3) is 0.667. The lowest BCUT2D eigenvalue weighted by atomic mass is 10.2. The van der Waals surface area contributed by atoms with Crippen LogP contribution in [0.1, 0.15) is 26.2 Å². The van der Waals surface area contributed by atoms with Crippen LogP contribution in [0, 0.1) is 28.6 Å². The lowest BCUT2D eigenvalue weighted by Gasteiger charge is -2.11. The molecule has 0 radical (unpaired) electrons. The number of ether oxygens (including phenoxy) is 1. The highest BCUT2D eigenvalue weighted by molar-refractivity contribution is 5.78. The average molecular weight is 196 g/mol. The second-order valence-electron chi connectivity index (χ2n) is 2.72. The molecule has 0 saturated carbocycles. The number of hydrogen-bond donors (Lipinski definition) is 1. The van der Waals surface area contributed by atoms with Gasteiger partial charge in [0.05, 0.1) is 12.1 Å². The van der Waals surface area contributed by atoms with E-state index in [0.29, 0.717) is 6.42 Å². The van der Waals surface area contributed by atoms with Gasteiger partial charge in [0.1, 0.15) is 0 Å². The van der Waals surface area contributed by atoms with Crippen molar-refractivity contribution in [1.82, 2.24) is 0 Å². The molecular weight excluding hydrogens is 184 g/mol. The number of nitrogens with zero attached hydrogens (tertiary/aromatic N) is 2. The fourth-order valence-electron chi connectivity index (χ4n) is 0.774. The maximum Gasteiger partial charge on any atom is 0.340 e. The molecule has 0 saturated heterocycles. The number of carbonyl (C=O) groups excluding carboxylic acids is 1. The van der Waals surface area contributed by atoms with Crippen LogP contribution in [0.15, 0.2) is 0 Å². The second-order valence-corrected chi connectivity index (χ2v) is 2.72. The Morgan fingerprint density at radius 1 is 1.50 bits per heavy atom. The molecule has 0 spiro atoms. The summed E-state index contributed by atoms with van der Waals surface area (Å²) in [6.07, 6.45) is 0.699.